The molecule has 1 atom stereocenters. The lowest BCUT2D eigenvalue weighted by molar-refractivity contribution is 0.0798. The SMILES string of the molecule is c1ccc(CN2CCOC[C@@]3(CCN(c4ncccn4)C3)C2)nc1. The largest absolute Gasteiger partial charge is 0.379 e. The fraction of sp³-hybridized carbons (Fsp3) is 0.500. The van der Waals surface area contributed by atoms with Crippen molar-refractivity contribution >= 4 is 5.95 Å². The van der Waals surface area contributed by atoms with Crippen molar-refractivity contribution in [3.8, 4) is 0 Å². The van der Waals surface area contributed by atoms with Gasteiger partial charge in [0.2, 0.25) is 5.95 Å². The van der Waals surface area contributed by atoms with Crippen molar-refractivity contribution in [1.82, 2.24) is 19.9 Å². The highest BCUT2D eigenvalue weighted by atomic mass is 16.5. The fourth-order valence-electron chi connectivity index (χ4n) is 3.74. The van der Waals surface area contributed by atoms with Crippen molar-refractivity contribution in [2.75, 3.05) is 44.3 Å². The minimum Gasteiger partial charge on any atom is -0.379 e. The fourth-order valence-corrected chi connectivity index (χ4v) is 3.74. The smallest absolute Gasteiger partial charge is 0.225 e. The van der Waals surface area contributed by atoms with Crippen LogP contribution in [0.5, 0.6) is 0 Å². The summed E-state index contributed by atoms with van der Waals surface area (Å²) in [4.78, 5) is 18.0. The Balaban J connectivity index is 1.46. The minimum atomic E-state index is 0.157. The number of rotatable bonds is 3. The molecule has 0 amide bonds. The molecule has 2 aliphatic rings. The van der Waals surface area contributed by atoms with Gasteiger partial charge in [0, 0.05) is 56.7 Å². The number of ether oxygens (including phenoxy) is 1. The highest BCUT2D eigenvalue weighted by molar-refractivity contribution is 5.32. The summed E-state index contributed by atoms with van der Waals surface area (Å²) in [5.41, 5.74) is 1.28. The lowest BCUT2D eigenvalue weighted by Gasteiger charge is -2.31. The summed E-state index contributed by atoms with van der Waals surface area (Å²) < 4.78 is 5.95. The van der Waals surface area contributed by atoms with Crippen LogP contribution in [-0.2, 0) is 11.3 Å². The Morgan fingerprint density at radius 2 is 1.88 bits per heavy atom. The molecule has 4 rings (SSSR count). The predicted molar refractivity (Wildman–Crippen MR) is 91.6 cm³/mol. The van der Waals surface area contributed by atoms with Crippen molar-refractivity contribution in [2.45, 2.75) is 13.0 Å². The van der Waals surface area contributed by atoms with Crippen molar-refractivity contribution in [1.29, 1.82) is 0 Å². The molecule has 0 unspecified atom stereocenters. The lowest BCUT2D eigenvalue weighted by atomic mass is 9.87. The maximum Gasteiger partial charge on any atom is 0.225 e. The van der Waals surface area contributed by atoms with Crippen molar-refractivity contribution in [3.63, 3.8) is 0 Å². The Hall–Kier alpha value is -2.05. The van der Waals surface area contributed by atoms with E-state index in [0.29, 0.717) is 0 Å². The van der Waals surface area contributed by atoms with Crippen LogP contribution in [0.25, 0.3) is 0 Å². The molecule has 6 heteroatoms. The summed E-state index contributed by atoms with van der Waals surface area (Å²) in [6.07, 6.45) is 6.60. The van der Waals surface area contributed by atoms with E-state index in [9.17, 15) is 0 Å². The van der Waals surface area contributed by atoms with Gasteiger partial charge in [0.05, 0.1) is 18.9 Å². The quantitative estimate of drug-likeness (QED) is 0.854. The number of pyridine rings is 1. The highest BCUT2D eigenvalue weighted by Crippen LogP contribution is 2.35. The molecule has 0 saturated carbocycles. The first-order valence-corrected chi connectivity index (χ1v) is 8.55. The van der Waals surface area contributed by atoms with Crippen LogP contribution in [0.1, 0.15) is 12.1 Å². The zero-order valence-corrected chi connectivity index (χ0v) is 13.8. The molecule has 126 valence electrons. The van der Waals surface area contributed by atoms with E-state index in [1.165, 1.54) is 0 Å². The van der Waals surface area contributed by atoms with Gasteiger partial charge < -0.3 is 9.64 Å². The van der Waals surface area contributed by atoms with Gasteiger partial charge in [-0.25, -0.2) is 9.97 Å². The summed E-state index contributed by atoms with van der Waals surface area (Å²) in [5, 5.41) is 0. The van der Waals surface area contributed by atoms with Gasteiger partial charge >= 0.3 is 0 Å². The van der Waals surface area contributed by atoms with Gasteiger partial charge in [0.1, 0.15) is 0 Å². The molecule has 0 N–H and O–H groups in total. The number of hydrogen-bond donors (Lipinski definition) is 0. The van der Waals surface area contributed by atoms with E-state index in [-0.39, 0.29) is 5.41 Å². The number of anilines is 1. The Kier molecular flexibility index (Phi) is 4.40. The topological polar surface area (TPSA) is 54.4 Å². The zero-order chi connectivity index (χ0) is 16.2. The molecule has 2 aromatic rings. The standard InChI is InChI=1S/C18H23N5O/c1-2-6-19-16(4-1)12-22-10-11-24-15-18(13-22)5-9-23(14-18)17-20-7-3-8-21-17/h1-4,6-8H,5,9-15H2/t18-/m0/s1. The van der Waals surface area contributed by atoms with Gasteiger partial charge in [-0.05, 0) is 24.6 Å². The molecule has 0 aliphatic carbocycles. The van der Waals surface area contributed by atoms with Gasteiger partial charge in [-0.15, -0.1) is 0 Å². The molecule has 6 nitrogen and oxygen atoms in total. The molecule has 24 heavy (non-hydrogen) atoms. The summed E-state index contributed by atoms with van der Waals surface area (Å²) in [7, 11) is 0. The summed E-state index contributed by atoms with van der Waals surface area (Å²) in [6, 6.07) is 7.97. The maximum atomic E-state index is 5.95. The van der Waals surface area contributed by atoms with Gasteiger partial charge in [-0.2, -0.15) is 0 Å². The van der Waals surface area contributed by atoms with E-state index in [0.717, 1.165) is 64.0 Å². The Morgan fingerprint density at radius 1 is 1.00 bits per heavy atom. The summed E-state index contributed by atoms with van der Waals surface area (Å²) in [5.74, 6) is 0.829. The summed E-state index contributed by atoms with van der Waals surface area (Å²) in [6.45, 7) is 6.42. The molecule has 2 aliphatic heterocycles. The molecule has 0 aromatic carbocycles. The van der Waals surface area contributed by atoms with Gasteiger partial charge in [-0.3, -0.25) is 9.88 Å². The Morgan fingerprint density at radius 3 is 2.71 bits per heavy atom. The first-order chi connectivity index (χ1) is 11.8. The number of aromatic nitrogens is 3. The van der Waals surface area contributed by atoms with E-state index in [2.05, 4.69) is 36.9 Å². The molecule has 1 spiro atoms. The maximum absolute atomic E-state index is 5.95. The van der Waals surface area contributed by atoms with E-state index in [1.807, 2.05) is 30.7 Å². The normalized spacial score (nSPS) is 25.1. The van der Waals surface area contributed by atoms with Crippen LogP contribution in [0, 0.1) is 5.41 Å². The van der Waals surface area contributed by atoms with Gasteiger partial charge in [-0.1, -0.05) is 6.07 Å². The molecule has 2 aromatic heterocycles. The molecule has 0 radical (unpaired) electrons. The van der Waals surface area contributed by atoms with E-state index in [4.69, 9.17) is 4.74 Å². The average molecular weight is 325 g/mol. The van der Waals surface area contributed by atoms with Crippen molar-refractivity contribution < 1.29 is 4.74 Å². The Labute approximate surface area is 142 Å². The Bertz CT molecular complexity index is 653. The molecule has 2 fully saturated rings. The monoisotopic (exact) mass is 325 g/mol. The molecular formula is C18H23N5O. The van der Waals surface area contributed by atoms with Crippen molar-refractivity contribution in [2.24, 2.45) is 5.41 Å². The molecule has 4 heterocycles. The van der Waals surface area contributed by atoms with Crippen molar-refractivity contribution in [3.05, 3.63) is 48.5 Å². The first kappa shape index (κ1) is 15.5. The second-order valence-corrected chi connectivity index (χ2v) is 6.80. The second kappa shape index (κ2) is 6.83. The molecular weight excluding hydrogens is 302 g/mol. The van der Waals surface area contributed by atoms with Crippen LogP contribution in [0.15, 0.2) is 42.9 Å². The number of nitrogens with zero attached hydrogens (tertiary/aromatic N) is 5. The third-order valence-electron chi connectivity index (χ3n) is 4.90. The van der Waals surface area contributed by atoms with Gasteiger partial charge in [0.25, 0.3) is 0 Å². The number of hydrogen-bond acceptors (Lipinski definition) is 6. The van der Waals surface area contributed by atoms with E-state index in [1.54, 1.807) is 0 Å². The highest BCUT2D eigenvalue weighted by Gasteiger charge is 2.41. The lowest BCUT2D eigenvalue weighted by Crippen LogP contribution is -2.40. The van der Waals surface area contributed by atoms with Crippen LogP contribution >= 0.6 is 0 Å². The zero-order valence-electron chi connectivity index (χ0n) is 13.8. The summed E-state index contributed by atoms with van der Waals surface area (Å²) >= 11 is 0. The van der Waals surface area contributed by atoms with Gasteiger partial charge in [0.15, 0.2) is 0 Å². The van der Waals surface area contributed by atoms with E-state index >= 15 is 0 Å². The average Bonchev–Trinajstić information content (AvgIpc) is 2.94. The van der Waals surface area contributed by atoms with Crippen LogP contribution in [0.4, 0.5) is 5.95 Å². The molecule has 2 saturated heterocycles. The third kappa shape index (κ3) is 3.39. The first-order valence-electron chi connectivity index (χ1n) is 8.55. The van der Waals surface area contributed by atoms with Crippen LogP contribution in [0.3, 0.4) is 0 Å². The third-order valence-corrected chi connectivity index (χ3v) is 4.90. The van der Waals surface area contributed by atoms with Crippen LogP contribution in [0.2, 0.25) is 0 Å². The minimum absolute atomic E-state index is 0.157. The predicted octanol–water partition coefficient (Wildman–Crippen LogP) is 1.60. The van der Waals surface area contributed by atoms with Crippen LogP contribution in [-0.4, -0.2) is 59.2 Å². The van der Waals surface area contributed by atoms with E-state index < -0.39 is 0 Å². The molecule has 0 bridgehead atoms. The second-order valence-electron chi connectivity index (χ2n) is 6.80. The van der Waals surface area contributed by atoms with Crippen LogP contribution < -0.4 is 4.90 Å².